The van der Waals surface area contributed by atoms with Gasteiger partial charge in [-0.05, 0) is 67.1 Å². The first kappa shape index (κ1) is 29.8. The number of amides is 4. The minimum Gasteiger partial charge on any atom is -0.508 e. The molecule has 1 N–H and O–H groups in total. The van der Waals surface area contributed by atoms with Crippen molar-refractivity contribution in [2.75, 3.05) is 41.6 Å². The zero-order valence-electron chi connectivity index (χ0n) is 23.8. The first-order valence-electron chi connectivity index (χ1n) is 14.6. The van der Waals surface area contributed by atoms with Crippen molar-refractivity contribution in [1.29, 1.82) is 0 Å². The van der Waals surface area contributed by atoms with E-state index in [-0.39, 0.29) is 35.9 Å². The lowest BCUT2D eigenvalue weighted by molar-refractivity contribution is -0.138. The molecule has 0 bridgehead atoms. The topological polar surface area (TPSA) is 107 Å². The van der Waals surface area contributed by atoms with Gasteiger partial charge in [0.2, 0.25) is 11.8 Å². The van der Waals surface area contributed by atoms with Gasteiger partial charge in [-0.1, -0.05) is 39.7 Å². The van der Waals surface area contributed by atoms with Crippen molar-refractivity contribution < 1.29 is 29.0 Å². The van der Waals surface area contributed by atoms with Crippen LogP contribution in [0.15, 0.2) is 54.1 Å². The van der Waals surface area contributed by atoms with Crippen LogP contribution in [0.4, 0.5) is 11.4 Å². The molecule has 5 aliphatic rings. The number of halogens is 3. The van der Waals surface area contributed by atoms with Crippen molar-refractivity contribution in [3.05, 3.63) is 65.2 Å². The Balaban J connectivity index is 1.29. The van der Waals surface area contributed by atoms with Crippen molar-refractivity contribution in [2.24, 2.45) is 17.8 Å². The molecular weight excluding hydrogens is 673 g/mol. The predicted molar refractivity (Wildman–Crippen MR) is 168 cm³/mol. The number of anilines is 2. The maximum atomic E-state index is 14.2. The SMILES string of the molecule is Cc1cc([C@H]2C3=CC[C@@H]4C(=O)N(c5ccc(N6CCOCC6)cc5)C(=O)[C@@H]4[C@@H]3C[C@@]3(Cl)C(=O)N(CBr)C(=O)[C@@]23Cl)ccc1O. The van der Waals surface area contributed by atoms with Crippen LogP contribution in [0.5, 0.6) is 5.75 Å². The average Bonchev–Trinajstić information content (AvgIpc) is 3.36. The number of hydrogen-bond acceptors (Lipinski definition) is 7. The monoisotopic (exact) mass is 701 g/mol. The highest BCUT2D eigenvalue weighted by atomic mass is 79.9. The van der Waals surface area contributed by atoms with Gasteiger partial charge in [0.05, 0.1) is 36.2 Å². The molecule has 2 aromatic carbocycles. The van der Waals surface area contributed by atoms with Gasteiger partial charge in [0.25, 0.3) is 11.8 Å². The molecule has 9 nitrogen and oxygen atoms in total. The maximum absolute atomic E-state index is 14.2. The average molecular weight is 703 g/mol. The van der Waals surface area contributed by atoms with Gasteiger partial charge in [0.1, 0.15) is 5.75 Å². The summed E-state index contributed by atoms with van der Waals surface area (Å²) >= 11 is 17.8. The minimum atomic E-state index is -1.88. The number of ether oxygens (including phenoxy) is 1. The molecule has 0 unspecified atom stereocenters. The van der Waals surface area contributed by atoms with E-state index in [1.54, 1.807) is 31.2 Å². The fourth-order valence-electron chi connectivity index (χ4n) is 7.87. The van der Waals surface area contributed by atoms with Crippen LogP contribution in [0.25, 0.3) is 0 Å². The van der Waals surface area contributed by atoms with Crippen molar-refractivity contribution in [3.8, 4) is 5.75 Å². The summed E-state index contributed by atoms with van der Waals surface area (Å²) < 4.78 is 5.45. The Kier molecular flexibility index (Phi) is 7.16. The maximum Gasteiger partial charge on any atom is 0.254 e. The Hall–Kier alpha value is -2.92. The minimum absolute atomic E-state index is 0.0716. The predicted octanol–water partition coefficient (Wildman–Crippen LogP) is 4.45. The van der Waals surface area contributed by atoms with Gasteiger partial charge >= 0.3 is 0 Å². The Morgan fingerprint density at radius 2 is 1.64 bits per heavy atom. The zero-order valence-corrected chi connectivity index (χ0v) is 26.9. The van der Waals surface area contributed by atoms with Gasteiger partial charge in [-0.2, -0.15) is 0 Å². The molecule has 6 atom stereocenters. The normalized spacial score (nSPS) is 33.4. The number of carbonyl (C=O) groups excluding carboxylic acids is 4. The van der Waals surface area contributed by atoms with E-state index < -0.39 is 45.2 Å². The highest BCUT2D eigenvalue weighted by Crippen LogP contribution is 2.65. The lowest BCUT2D eigenvalue weighted by atomic mass is 9.56. The first-order chi connectivity index (χ1) is 21.0. The first-order valence-corrected chi connectivity index (χ1v) is 16.5. The molecule has 3 aliphatic heterocycles. The number of carbonyl (C=O) groups is 4. The molecule has 2 aliphatic carbocycles. The molecule has 1 saturated carbocycles. The van der Waals surface area contributed by atoms with E-state index >= 15 is 0 Å². The van der Waals surface area contributed by atoms with Crippen molar-refractivity contribution in [3.63, 3.8) is 0 Å². The molecule has 0 spiro atoms. The van der Waals surface area contributed by atoms with E-state index in [1.165, 1.54) is 11.0 Å². The second-order valence-electron chi connectivity index (χ2n) is 12.2. The van der Waals surface area contributed by atoms with Gasteiger partial charge in [0, 0.05) is 24.7 Å². The number of rotatable bonds is 4. The van der Waals surface area contributed by atoms with Gasteiger partial charge in [-0.25, -0.2) is 0 Å². The molecule has 3 heterocycles. The van der Waals surface area contributed by atoms with Gasteiger partial charge in [-0.15, -0.1) is 23.2 Å². The summed E-state index contributed by atoms with van der Waals surface area (Å²) in [4.78, 5) is 56.5. The number of phenols is 1. The number of benzene rings is 2. The molecule has 3 saturated heterocycles. The number of aromatic hydroxyl groups is 1. The summed E-state index contributed by atoms with van der Waals surface area (Å²) in [5, 5.41) is 10.3. The summed E-state index contributed by atoms with van der Waals surface area (Å²) in [5.41, 5.74) is 3.26. The van der Waals surface area contributed by atoms with Gasteiger partial charge in [0.15, 0.2) is 9.75 Å². The summed E-state index contributed by atoms with van der Waals surface area (Å²) in [6, 6.07) is 12.3. The second-order valence-corrected chi connectivity index (χ2v) is 13.9. The van der Waals surface area contributed by atoms with E-state index in [1.807, 2.05) is 18.2 Å². The lowest BCUT2D eigenvalue weighted by Crippen LogP contribution is -2.60. The van der Waals surface area contributed by atoms with Crippen LogP contribution >= 0.6 is 39.1 Å². The van der Waals surface area contributed by atoms with Crippen molar-refractivity contribution >= 4 is 74.1 Å². The van der Waals surface area contributed by atoms with Crippen LogP contribution in [0, 0.1) is 24.7 Å². The number of imide groups is 2. The highest BCUT2D eigenvalue weighted by Gasteiger charge is 2.76. The van der Waals surface area contributed by atoms with Gasteiger partial charge in [-0.3, -0.25) is 29.0 Å². The number of nitrogens with zero attached hydrogens (tertiary/aromatic N) is 3. The summed E-state index contributed by atoms with van der Waals surface area (Å²) in [7, 11) is 0. The van der Waals surface area contributed by atoms with E-state index in [0.717, 1.165) is 23.7 Å². The summed E-state index contributed by atoms with van der Waals surface area (Å²) in [5.74, 6) is -4.74. The van der Waals surface area contributed by atoms with Gasteiger partial charge < -0.3 is 14.7 Å². The Bertz CT molecular complexity index is 1630. The number of fused-ring (bicyclic) bond motifs is 4. The zero-order chi connectivity index (χ0) is 31.1. The standard InChI is InChI=1S/C32H30BrCl2N3O6/c1-17-14-18(2-9-24(17)39)26-21-7-8-22-25(23(21)15-31(34)29(42)37(16-33)30(43)32(26,31)35)28(41)38(27(22)40)20-5-3-19(4-6-20)36-10-12-44-13-11-36/h2-7,9,14,22-23,25-26,39H,8,10-13,15-16H2,1H3/t22-,23+,25-,26-,31+,32-/m0/s1. The Morgan fingerprint density at radius 1 is 0.955 bits per heavy atom. The fourth-order valence-corrected chi connectivity index (χ4v) is 9.30. The summed E-state index contributed by atoms with van der Waals surface area (Å²) in [6.45, 7) is 4.54. The molecular formula is C32H30BrCl2N3O6. The molecule has 4 amide bonds. The van der Waals surface area contributed by atoms with Crippen LogP contribution < -0.4 is 9.80 Å². The van der Waals surface area contributed by atoms with E-state index in [0.29, 0.717) is 35.6 Å². The lowest BCUT2D eigenvalue weighted by Gasteiger charge is -2.50. The number of allylic oxidation sites excluding steroid dienone is 2. The van der Waals surface area contributed by atoms with Crippen LogP contribution in [-0.2, 0) is 23.9 Å². The number of morpholine rings is 1. The third-order valence-corrected chi connectivity index (χ3v) is 12.0. The molecule has 4 fully saturated rings. The van der Waals surface area contributed by atoms with E-state index in [9.17, 15) is 24.3 Å². The van der Waals surface area contributed by atoms with E-state index in [4.69, 9.17) is 27.9 Å². The summed E-state index contributed by atoms with van der Waals surface area (Å²) in [6.07, 6.45) is 2.11. The number of hydrogen-bond donors (Lipinski definition) is 1. The number of phenolic OH excluding ortho intramolecular Hbond substituents is 1. The second kappa shape index (κ2) is 10.6. The van der Waals surface area contributed by atoms with Crippen LogP contribution in [0.2, 0.25) is 0 Å². The van der Waals surface area contributed by atoms with Crippen LogP contribution in [0.3, 0.4) is 0 Å². The van der Waals surface area contributed by atoms with Crippen molar-refractivity contribution in [2.45, 2.75) is 35.4 Å². The van der Waals surface area contributed by atoms with Crippen LogP contribution in [0.1, 0.15) is 29.9 Å². The van der Waals surface area contributed by atoms with Crippen LogP contribution in [-0.4, -0.2) is 75.1 Å². The van der Waals surface area contributed by atoms with Crippen molar-refractivity contribution in [1.82, 2.24) is 4.90 Å². The number of alkyl halides is 3. The Labute approximate surface area is 272 Å². The molecule has 0 aromatic heterocycles. The largest absolute Gasteiger partial charge is 0.508 e. The Morgan fingerprint density at radius 3 is 2.30 bits per heavy atom. The third-order valence-electron chi connectivity index (χ3n) is 10.1. The number of likely N-dealkylation sites (tertiary alicyclic amines) is 1. The quantitative estimate of drug-likeness (QED) is 0.217. The van der Waals surface area contributed by atoms with E-state index in [2.05, 4.69) is 20.8 Å². The molecule has 230 valence electrons. The molecule has 7 rings (SSSR count). The number of aryl methyl sites for hydroxylation is 1. The molecule has 12 heteroatoms. The third kappa shape index (κ3) is 4.00. The highest BCUT2D eigenvalue weighted by molar-refractivity contribution is 9.09. The smallest absolute Gasteiger partial charge is 0.254 e. The fraction of sp³-hybridized carbons (Fsp3) is 0.438. The molecule has 44 heavy (non-hydrogen) atoms. The molecule has 0 radical (unpaired) electrons. The molecule has 2 aromatic rings.